The Morgan fingerprint density at radius 3 is 2.47 bits per heavy atom. The molecule has 1 heterocycles. The van der Waals surface area contributed by atoms with E-state index in [4.69, 9.17) is 0 Å². The van der Waals surface area contributed by atoms with Crippen LogP contribution >= 0.6 is 11.3 Å². The highest BCUT2D eigenvalue weighted by atomic mass is 32.1. The molecule has 0 bridgehead atoms. The maximum Gasteiger partial charge on any atom is 0.205 e. The molecule has 0 spiro atoms. The highest BCUT2D eigenvalue weighted by Crippen LogP contribution is 2.24. The van der Waals surface area contributed by atoms with Gasteiger partial charge in [0.2, 0.25) is 5.78 Å². The largest absolute Gasteiger partial charge is 0.288 e. The molecule has 1 aromatic carbocycles. The van der Waals surface area contributed by atoms with Crippen molar-refractivity contribution >= 4 is 17.1 Å². The van der Waals surface area contributed by atoms with Crippen LogP contribution in [0.3, 0.4) is 0 Å². The molecule has 17 heavy (non-hydrogen) atoms. The van der Waals surface area contributed by atoms with Crippen LogP contribution in [0.25, 0.3) is 0 Å². The smallest absolute Gasteiger partial charge is 0.205 e. The molecule has 0 atom stereocenters. The zero-order valence-electron chi connectivity index (χ0n) is 10.0. The average Bonchev–Trinajstić information content (AvgIpc) is 2.62. The van der Waals surface area contributed by atoms with Crippen LogP contribution in [0.15, 0.2) is 24.3 Å². The zero-order valence-corrected chi connectivity index (χ0v) is 10.8. The van der Waals surface area contributed by atoms with Gasteiger partial charge in [-0.25, -0.2) is 4.39 Å². The van der Waals surface area contributed by atoms with Crippen molar-refractivity contribution in [3.8, 4) is 0 Å². The number of aryl methyl sites for hydroxylation is 3. The fourth-order valence-corrected chi connectivity index (χ4v) is 2.62. The van der Waals surface area contributed by atoms with Gasteiger partial charge in [-0.1, -0.05) is 11.6 Å². The van der Waals surface area contributed by atoms with Gasteiger partial charge in [0.05, 0.1) is 10.4 Å². The van der Waals surface area contributed by atoms with Crippen molar-refractivity contribution in [2.24, 2.45) is 0 Å². The summed E-state index contributed by atoms with van der Waals surface area (Å²) in [6, 6.07) is 6.43. The molecule has 0 amide bonds. The van der Waals surface area contributed by atoms with Gasteiger partial charge in [-0.2, -0.15) is 0 Å². The van der Waals surface area contributed by atoms with E-state index in [1.165, 1.54) is 17.4 Å². The molecule has 1 aromatic heterocycles. The number of benzene rings is 1. The minimum Gasteiger partial charge on any atom is -0.288 e. The first-order valence-electron chi connectivity index (χ1n) is 5.37. The van der Waals surface area contributed by atoms with Gasteiger partial charge in [-0.05, 0) is 44.5 Å². The van der Waals surface area contributed by atoms with E-state index in [2.05, 4.69) is 0 Å². The summed E-state index contributed by atoms with van der Waals surface area (Å²) in [5, 5.41) is 0. The van der Waals surface area contributed by atoms with Crippen LogP contribution in [0, 0.1) is 26.6 Å². The van der Waals surface area contributed by atoms with Crippen molar-refractivity contribution in [2.75, 3.05) is 0 Å². The number of carbonyl (C=O) groups excluding carboxylic acids is 1. The third-order valence-corrected chi connectivity index (χ3v) is 3.91. The molecule has 0 N–H and O–H groups in total. The summed E-state index contributed by atoms with van der Waals surface area (Å²) in [6.07, 6.45) is 0. The second-order valence-corrected chi connectivity index (χ2v) is 5.42. The Kier molecular flexibility index (Phi) is 3.11. The first kappa shape index (κ1) is 12.0. The SMILES string of the molecule is Cc1ccc(F)c(C(=O)c2cc(C)c(C)s2)c1. The Bertz CT molecular complexity index is 564. The van der Waals surface area contributed by atoms with Crippen molar-refractivity contribution < 1.29 is 9.18 Å². The Labute approximate surface area is 104 Å². The van der Waals surface area contributed by atoms with Crippen molar-refractivity contribution in [3.05, 3.63) is 56.5 Å². The standard InChI is InChI=1S/C14H13FOS/c1-8-4-5-12(15)11(6-8)14(16)13-7-9(2)10(3)17-13/h4-7H,1-3H3. The third kappa shape index (κ3) is 2.29. The molecule has 0 aliphatic heterocycles. The lowest BCUT2D eigenvalue weighted by Gasteiger charge is -2.01. The number of hydrogen-bond acceptors (Lipinski definition) is 2. The minimum atomic E-state index is -0.454. The Balaban J connectivity index is 2.47. The molecule has 0 radical (unpaired) electrons. The summed E-state index contributed by atoms with van der Waals surface area (Å²) < 4.78 is 13.6. The molecule has 2 rings (SSSR count). The number of rotatable bonds is 2. The Morgan fingerprint density at radius 2 is 1.88 bits per heavy atom. The molecule has 0 aliphatic carbocycles. The zero-order chi connectivity index (χ0) is 12.6. The Hall–Kier alpha value is -1.48. The van der Waals surface area contributed by atoms with E-state index < -0.39 is 5.82 Å². The van der Waals surface area contributed by atoms with Gasteiger partial charge in [0, 0.05) is 4.88 Å². The molecule has 0 aliphatic rings. The summed E-state index contributed by atoms with van der Waals surface area (Å²) in [5.41, 5.74) is 2.12. The monoisotopic (exact) mass is 248 g/mol. The van der Waals surface area contributed by atoms with Crippen molar-refractivity contribution in [3.63, 3.8) is 0 Å². The Morgan fingerprint density at radius 1 is 1.18 bits per heavy atom. The van der Waals surface area contributed by atoms with E-state index in [0.717, 1.165) is 16.0 Å². The molecular formula is C14H13FOS. The highest BCUT2D eigenvalue weighted by Gasteiger charge is 2.16. The second-order valence-electron chi connectivity index (χ2n) is 4.16. The number of halogens is 1. The second kappa shape index (κ2) is 4.41. The van der Waals surface area contributed by atoms with Crippen LogP contribution in [-0.2, 0) is 0 Å². The molecule has 0 saturated carbocycles. The van der Waals surface area contributed by atoms with Crippen LogP contribution in [0.2, 0.25) is 0 Å². The predicted octanol–water partition coefficient (Wildman–Crippen LogP) is 4.04. The minimum absolute atomic E-state index is 0.159. The van der Waals surface area contributed by atoms with Crippen molar-refractivity contribution in [1.29, 1.82) is 0 Å². The number of carbonyl (C=O) groups is 1. The average molecular weight is 248 g/mol. The van der Waals surface area contributed by atoms with Crippen LogP contribution in [-0.4, -0.2) is 5.78 Å². The number of thiophene rings is 1. The van der Waals surface area contributed by atoms with Gasteiger partial charge in [-0.15, -0.1) is 11.3 Å². The maximum absolute atomic E-state index is 13.6. The predicted molar refractivity (Wildman–Crippen MR) is 68.4 cm³/mol. The van der Waals surface area contributed by atoms with Gasteiger partial charge in [0.1, 0.15) is 5.82 Å². The molecule has 3 heteroatoms. The molecule has 2 aromatic rings. The van der Waals surface area contributed by atoms with E-state index in [9.17, 15) is 9.18 Å². The fourth-order valence-electron chi connectivity index (χ4n) is 1.63. The van der Waals surface area contributed by atoms with E-state index in [1.807, 2.05) is 26.8 Å². The highest BCUT2D eigenvalue weighted by molar-refractivity contribution is 7.14. The lowest BCUT2D eigenvalue weighted by atomic mass is 10.1. The summed E-state index contributed by atoms with van der Waals surface area (Å²) in [7, 11) is 0. The van der Waals surface area contributed by atoms with Crippen LogP contribution < -0.4 is 0 Å². The topological polar surface area (TPSA) is 17.1 Å². The van der Waals surface area contributed by atoms with Gasteiger partial charge < -0.3 is 0 Å². The molecular weight excluding hydrogens is 235 g/mol. The van der Waals surface area contributed by atoms with E-state index >= 15 is 0 Å². The van der Waals surface area contributed by atoms with Crippen LogP contribution in [0.4, 0.5) is 4.39 Å². The molecule has 0 fully saturated rings. The van der Waals surface area contributed by atoms with E-state index in [1.54, 1.807) is 12.1 Å². The van der Waals surface area contributed by atoms with Crippen molar-refractivity contribution in [2.45, 2.75) is 20.8 Å². The molecule has 0 unspecified atom stereocenters. The van der Waals surface area contributed by atoms with E-state index in [-0.39, 0.29) is 11.3 Å². The first-order valence-corrected chi connectivity index (χ1v) is 6.18. The third-order valence-electron chi connectivity index (χ3n) is 2.76. The number of ketones is 1. The van der Waals surface area contributed by atoms with E-state index in [0.29, 0.717) is 4.88 Å². The molecule has 88 valence electrons. The lowest BCUT2D eigenvalue weighted by Crippen LogP contribution is -2.02. The fraction of sp³-hybridized carbons (Fsp3) is 0.214. The first-order chi connectivity index (χ1) is 7.99. The van der Waals surface area contributed by atoms with Gasteiger partial charge in [0.15, 0.2) is 0 Å². The summed E-state index contributed by atoms with van der Waals surface area (Å²) in [4.78, 5) is 13.9. The lowest BCUT2D eigenvalue weighted by molar-refractivity contribution is 0.103. The molecule has 1 nitrogen and oxygen atoms in total. The van der Waals surface area contributed by atoms with Gasteiger partial charge in [-0.3, -0.25) is 4.79 Å². The van der Waals surface area contributed by atoms with Gasteiger partial charge >= 0.3 is 0 Å². The van der Waals surface area contributed by atoms with Crippen LogP contribution in [0.5, 0.6) is 0 Å². The summed E-state index contributed by atoms with van der Waals surface area (Å²) >= 11 is 1.42. The van der Waals surface area contributed by atoms with Crippen LogP contribution in [0.1, 0.15) is 31.2 Å². The summed E-state index contributed by atoms with van der Waals surface area (Å²) in [6.45, 7) is 5.76. The van der Waals surface area contributed by atoms with Crippen molar-refractivity contribution in [1.82, 2.24) is 0 Å². The number of hydrogen-bond donors (Lipinski definition) is 0. The summed E-state index contributed by atoms with van der Waals surface area (Å²) in [5.74, 6) is -0.684. The molecule has 0 saturated heterocycles. The van der Waals surface area contributed by atoms with Gasteiger partial charge in [0.25, 0.3) is 0 Å². The normalized spacial score (nSPS) is 10.6. The quantitative estimate of drug-likeness (QED) is 0.733. The maximum atomic E-state index is 13.6.